The van der Waals surface area contributed by atoms with Gasteiger partial charge in [-0.25, -0.2) is 15.2 Å². The van der Waals surface area contributed by atoms with Crippen molar-refractivity contribution < 1.29 is 72.4 Å². The average molecular weight is 1030 g/mol. The number of aromatic nitrogens is 2. The highest BCUT2D eigenvalue weighted by Gasteiger charge is 2.55. The van der Waals surface area contributed by atoms with Gasteiger partial charge in [-0.3, -0.25) is 19.8 Å². The summed E-state index contributed by atoms with van der Waals surface area (Å²) in [5.74, 6) is -4.90. The highest BCUT2D eigenvalue weighted by Crippen LogP contribution is 2.42. The fourth-order valence-electron chi connectivity index (χ4n) is 11.0. The minimum Gasteiger partial charge on any atom is -0.459 e. The van der Waals surface area contributed by atoms with Crippen LogP contribution in [0.3, 0.4) is 0 Å². The Hall–Kier alpha value is -4.61. The van der Waals surface area contributed by atoms with Crippen LogP contribution in [0.1, 0.15) is 105 Å². The van der Waals surface area contributed by atoms with Crippen LogP contribution in [0.4, 0.5) is 4.79 Å². The summed E-state index contributed by atoms with van der Waals surface area (Å²) in [6, 6.07) is 14.1. The molecule has 20 nitrogen and oxygen atoms in total. The van der Waals surface area contributed by atoms with Gasteiger partial charge >= 0.3 is 12.1 Å². The third kappa shape index (κ3) is 12.6. The molecule has 3 saturated heterocycles. The van der Waals surface area contributed by atoms with Gasteiger partial charge in [0.1, 0.15) is 35.0 Å². The molecule has 0 spiro atoms. The lowest BCUT2D eigenvalue weighted by Gasteiger charge is -2.50. The molecule has 0 radical (unpaired) electrons. The van der Waals surface area contributed by atoms with Crippen molar-refractivity contribution >= 4 is 34.8 Å². The summed E-state index contributed by atoms with van der Waals surface area (Å²) in [4.78, 5) is 65.2. The van der Waals surface area contributed by atoms with Gasteiger partial charge in [0, 0.05) is 55.6 Å². The maximum absolute atomic E-state index is 14.5. The van der Waals surface area contributed by atoms with E-state index in [4.69, 9.17) is 37.9 Å². The van der Waals surface area contributed by atoms with E-state index in [1.807, 2.05) is 56.3 Å². The molecule has 0 saturated carbocycles. The number of hydrogen-bond acceptors (Lipinski definition) is 17. The summed E-state index contributed by atoms with van der Waals surface area (Å²) in [5, 5.41) is 35.2. The molecule has 2 amide bonds. The molecule has 73 heavy (non-hydrogen) atoms. The standard InChI is InChI=1S/C53H79N5O15/c1-15-38-53(10,65)43(61)29(4)40(59)27(2)25-51(8,66-13)44(72-49-41(60)37(58(11)12)23-28(3)68-49)30(5)42(31(6)48(63)70-38)71-39-26-52(9,67-14)45(32(7)69-39)73-50(64)57-56-47(62)34-21-22-35-36(24-34)55-46(54-35)33-19-17-16-18-20-33/h16-22,24,27-32,37-39,41-45,49,60-61,65H,15,23,25-26H2,1-14H3,(H,54,55)(H,56,62)(H,57,64)/t27-,28-,29+,30+,31-,32+,37+,38-,39+,41-,42+,43-,44-,45+,49+,51+,52-,53-/m1/s1. The predicted molar refractivity (Wildman–Crippen MR) is 267 cm³/mol. The monoisotopic (exact) mass is 1030 g/mol. The second-order valence-corrected chi connectivity index (χ2v) is 21.3. The Labute approximate surface area is 428 Å². The number of ether oxygens (including phenoxy) is 8. The summed E-state index contributed by atoms with van der Waals surface area (Å²) in [6.45, 7) is 16.7. The van der Waals surface area contributed by atoms with Crippen LogP contribution in [-0.2, 0) is 47.5 Å². The SMILES string of the molecule is CC[C@H]1OC(=O)[C@H](C)[C@@H](O[C@H]2C[C@@](C)(OC)[C@@H](OC(=O)NNC(=O)c3ccc4nc(-c5ccccc5)[nH]c4c3)[C@H](C)O2)[C@H](C)[C@@H](O[C@@H]2O[C@H](C)C[C@H](N(C)C)[C@H]2O)[C@@](C)(OC)C[C@@H](C)C(=O)[C@H](C)[C@@H](O)[C@]1(C)O. The number of Topliss-reactive ketones (excluding diaryl/α,β-unsaturated/α-hetero) is 1. The Bertz CT molecular complexity index is 2370. The van der Waals surface area contributed by atoms with Crippen molar-refractivity contribution in [1.82, 2.24) is 25.7 Å². The molecule has 4 heterocycles. The number of aliphatic hydroxyl groups is 3. The topological polar surface area (TPSA) is 259 Å². The van der Waals surface area contributed by atoms with Crippen molar-refractivity contribution in [3.8, 4) is 11.4 Å². The second-order valence-electron chi connectivity index (χ2n) is 21.3. The van der Waals surface area contributed by atoms with Crippen LogP contribution < -0.4 is 10.9 Å². The van der Waals surface area contributed by atoms with Crippen molar-refractivity contribution in [2.75, 3.05) is 28.3 Å². The quantitative estimate of drug-likeness (QED) is 0.108. The number of hydrazine groups is 1. The number of fused-ring (bicyclic) bond motifs is 1. The van der Waals surface area contributed by atoms with Gasteiger partial charge < -0.3 is 63.1 Å². The lowest BCUT2D eigenvalue weighted by molar-refractivity contribution is -0.319. The molecule has 6 N–H and O–H groups in total. The number of imidazole rings is 1. The van der Waals surface area contributed by atoms with E-state index in [9.17, 15) is 34.5 Å². The fraction of sp³-hybridized carbons (Fsp3) is 0.679. The Morgan fingerprint density at radius 3 is 2.16 bits per heavy atom. The number of methoxy groups -OCH3 is 2. The molecular formula is C53H79N5O15. The first kappa shape index (κ1) is 57.7. The smallest absolute Gasteiger partial charge is 0.426 e. The van der Waals surface area contributed by atoms with E-state index in [1.54, 1.807) is 66.7 Å². The lowest BCUT2D eigenvalue weighted by Crippen LogP contribution is -2.62. The molecule has 2 aromatic carbocycles. The average Bonchev–Trinajstić information content (AvgIpc) is 3.80. The highest BCUT2D eigenvalue weighted by atomic mass is 16.7. The molecule has 3 aliphatic rings. The van der Waals surface area contributed by atoms with E-state index in [2.05, 4.69) is 20.8 Å². The van der Waals surface area contributed by atoms with Crippen LogP contribution in [-0.4, -0.2) is 167 Å². The highest BCUT2D eigenvalue weighted by molar-refractivity contribution is 5.98. The first-order valence-electron chi connectivity index (χ1n) is 25.3. The molecule has 6 rings (SSSR count). The second kappa shape index (κ2) is 23.5. The normalized spacial score (nSPS) is 38.1. The summed E-state index contributed by atoms with van der Waals surface area (Å²) in [7, 11) is 6.65. The number of carbonyl (C=O) groups is 4. The zero-order valence-electron chi connectivity index (χ0n) is 44.7. The number of hydrogen-bond donors (Lipinski definition) is 6. The van der Waals surface area contributed by atoms with Crippen molar-refractivity contribution in [3.05, 3.63) is 54.1 Å². The maximum Gasteiger partial charge on any atom is 0.426 e. The molecule has 0 bridgehead atoms. The number of cyclic esters (lactones) is 1. The number of rotatable bonds is 11. The van der Waals surface area contributed by atoms with E-state index in [0.717, 1.165) is 5.56 Å². The number of aliphatic hydroxyl groups excluding tert-OH is 2. The largest absolute Gasteiger partial charge is 0.459 e. The summed E-state index contributed by atoms with van der Waals surface area (Å²) in [6.07, 6.45) is -11.1. The molecule has 18 atom stereocenters. The van der Waals surface area contributed by atoms with Gasteiger partial charge in [-0.15, -0.1) is 0 Å². The van der Waals surface area contributed by atoms with Crippen LogP contribution in [0.15, 0.2) is 48.5 Å². The number of carbonyl (C=O) groups excluding carboxylic acids is 4. The van der Waals surface area contributed by atoms with E-state index in [1.165, 1.54) is 28.1 Å². The van der Waals surface area contributed by atoms with E-state index >= 15 is 0 Å². The predicted octanol–water partition coefficient (Wildman–Crippen LogP) is 5.06. The number of benzene rings is 2. The third-order valence-corrected chi connectivity index (χ3v) is 15.5. The van der Waals surface area contributed by atoms with Crippen LogP contribution >= 0.6 is 0 Å². The molecular weight excluding hydrogens is 947 g/mol. The lowest BCUT2D eigenvalue weighted by atomic mass is 9.74. The first-order valence-corrected chi connectivity index (χ1v) is 25.3. The summed E-state index contributed by atoms with van der Waals surface area (Å²) < 4.78 is 50.9. The minimum atomic E-state index is -2.04. The van der Waals surface area contributed by atoms with Crippen LogP contribution in [0.2, 0.25) is 0 Å². The van der Waals surface area contributed by atoms with Gasteiger partial charge in [-0.05, 0) is 93.1 Å². The molecule has 1 aromatic heterocycles. The third-order valence-electron chi connectivity index (χ3n) is 15.5. The van der Waals surface area contributed by atoms with Gasteiger partial charge in [0.2, 0.25) is 0 Å². The van der Waals surface area contributed by atoms with Crippen molar-refractivity contribution in [2.24, 2.45) is 23.7 Å². The van der Waals surface area contributed by atoms with Crippen molar-refractivity contribution in [3.63, 3.8) is 0 Å². The fourth-order valence-corrected chi connectivity index (χ4v) is 11.0. The molecule has 0 aliphatic carbocycles. The zero-order valence-corrected chi connectivity index (χ0v) is 44.7. The van der Waals surface area contributed by atoms with Gasteiger partial charge in [0.15, 0.2) is 18.7 Å². The molecule has 3 fully saturated rings. The number of likely N-dealkylation sites (N-methyl/N-ethyl adjacent to an activating group) is 1. The van der Waals surface area contributed by atoms with E-state index in [0.29, 0.717) is 23.3 Å². The van der Waals surface area contributed by atoms with Crippen LogP contribution in [0.25, 0.3) is 22.4 Å². The van der Waals surface area contributed by atoms with Gasteiger partial charge in [0.25, 0.3) is 5.91 Å². The molecule has 406 valence electrons. The molecule has 3 aliphatic heterocycles. The molecule has 0 unspecified atom stereocenters. The van der Waals surface area contributed by atoms with E-state index in [-0.39, 0.29) is 42.8 Å². The number of ketones is 1. The maximum atomic E-state index is 14.5. The Morgan fingerprint density at radius 1 is 0.877 bits per heavy atom. The number of esters is 1. The number of nitrogens with one attached hydrogen (secondary N) is 3. The van der Waals surface area contributed by atoms with Gasteiger partial charge in [-0.2, -0.15) is 0 Å². The molecule has 3 aromatic rings. The first-order chi connectivity index (χ1) is 34.3. The molecule has 20 heteroatoms. The van der Waals surface area contributed by atoms with Gasteiger partial charge in [-0.1, -0.05) is 58.0 Å². The van der Waals surface area contributed by atoms with Crippen molar-refractivity contribution in [2.45, 2.75) is 179 Å². The van der Waals surface area contributed by atoms with Crippen LogP contribution in [0.5, 0.6) is 0 Å². The summed E-state index contributed by atoms with van der Waals surface area (Å²) in [5.41, 5.74) is 2.47. The van der Waals surface area contributed by atoms with Gasteiger partial charge in [0.05, 0.1) is 53.1 Å². The number of amides is 2. The minimum absolute atomic E-state index is 0.0419. The van der Waals surface area contributed by atoms with E-state index < -0.39 is 114 Å². The van der Waals surface area contributed by atoms with Crippen LogP contribution in [0, 0.1) is 23.7 Å². The number of H-pyrrole nitrogens is 1. The number of aromatic amines is 1. The Kier molecular flexibility index (Phi) is 18.6. The van der Waals surface area contributed by atoms with Crippen molar-refractivity contribution in [1.29, 1.82) is 0 Å². The number of nitrogens with zero attached hydrogens (tertiary/aromatic N) is 2. The Morgan fingerprint density at radius 2 is 1.53 bits per heavy atom. The Balaban J connectivity index is 1.26. The summed E-state index contributed by atoms with van der Waals surface area (Å²) >= 11 is 0. The zero-order chi connectivity index (χ0) is 53.9.